The number of fused-ring (bicyclic) bond motifs is 4. The van der Waals surface area contributed by atoms with Gasteiger partial charge in [0.05, 0.1) is 18.0 Å². The summed E-state index contributed by atoms with van der Waals surface area (Å²) in [6.45, 7) is 12.0. The Labute approximate surface area is 262 Å². The van der Waals surface area contributed by atoms with Crippen molar-refractivity contribution in [3.63, 3.8) is 0 Å². The molecule has 0 saturated carbocycles. The second kappa shape index (κ2) is 10.7. The van der Waals surface area contributed by atoms with Crippen LogP contribution in [0.2, 0.25) is 0 Å². The monoisotopic (exact) mass is 729 g/mol. The third-order valence-electron chi connectivity index (χ3n) is 8.53. The van der Waals surface area contributed by atoms with Crippen molar-refractivity contribution in [2.45, 2.75) is 46.1 Å². The van der Waals surface area contributed by atoms with Crippen LogP contribution in [0.4, 0.5) is 17.1 Å². The fourth-order valence-corrected chi connectivity index (χ4v) is 6.15. The van der Waals surface area contributed by atoms with Gasteiger partial charge in [-0.3, -0.25) is 0 Å². The molecule has 4 nitrogen and oxygen atoms in total. The van der Waals surface area contributed by atoms with Crippen LogP contribution in [0.25, 0.3) is 27.6 Å². The van der Waals surface area contributed by atoms with E-state index in [-0.39, 0.29) is 26.5 Å². The minimum absolute atomic E-state index is 0. The van der Waals surface area contributed by atoms with Crippen molar-refractivity contribution in [2.24, 2.45) is 0 Å². The van der Waals surface area contributed by atoms with E-state index in [4.69, 9.17) is 4.98 Å². The Morgan fingerprint density at radius 2 is 1.52 bits per heavy atom. The number of rotatable bonds is 5. The Bertz CT molecular complexity index is 1920. The van der Waals surface area contributed by atoms with Crippen LogP contribution in [0.5, 0.6) is 0 Å². The Kier molecular flexibility index (Phi) is 7.23. The second-order valence-electron chi connectivity index (χ2n) is 11.9. The molecule has 0 fully saturated rings. The molecule has 4 aromatic carbocycles. The first kappa shape index (κ1) is 28.2. The quantitative estimate of drug-likeness (QED) is 0.166. The Morgan fingerprint density at radius 3 is 2.31 bits per heavy atom. The van der Waals surface area contributed by atoms with Gasteiger partial charge in [-0.15, -0.1) is 11.5 Å². The minimum atomic E-state index is -0.317. The van der Waals surface area contributed by atoms with Crippen molar-refractivity contribution in [1.82, 2.24) is 9.55 Å². The zero-order chi connectivity index (χ0) is 28.3. The minimum Gasteiger partial charge on any atom is -0.349 e. The normalized spacial score (nSPS) is 13.2. The molecule has 7 rings (SSSR count). The molecule has 2 aromatic heterocycles. The predicted octanol–water partition coefficient (Wildman–Crippen LogP) is 8.73. The summed E-state index contributed by atoms with van der Waals surface area (Å²) in [6.07, 6.45) is 1.89. The Balaban J connectivity index is 0.00000316. The molecule has 0 aliphatic carbocycles. The topological polar surface area (TPSA) is 24.3 Å². The Morgan fingerprint density at radius 1 is 0.786 bits per heavy atom. The number of para-hydroxylation sites is 3. The van der Waals surface area contributed by atoms with Gasteiger partial charge >= 0.3 is 21.1 Å². The molecule has 0 radical (unpaired) electrons. The van der Waals surface area contributed by atoms with Crippen LogP contribution in [0, 0.1) is 19.1 Å². The zero-order valence-corrected chi connectivity index (χ0v) is 26.9. The van der Waals surface area contributed by atoms with Gasteiger partial charge in [-0.1, -0.05) is 55.4 Å². The van der Waals surface area contributed by atoms with Crippen LogP contribution in [-0.4, -0.2) is 22.3 Å². The number of benzene rings is 4. The molecule has 1 aliphatic rings. The van der Waals surface area contributed by atoms with Crippen LogP contribution in [-0.2, 0) is 26.5 Å². The van der Waals surface area contributed by atoms with Crippen molar-refractivity contribution in [2.75, 3.05) is 16.5 Å². The van der Waals surface area contributed by atoms with Crippen molar-refractivity contribution in [1.29, 1.82) is 0 Å². The molecule has 0 atom stereocenters. The molecule has 3 heterocycles. The van der Waals surface area contributed by atoms with Gasteiger partial charge in [-0.2, -0.15) is 47.5 Å². The van der Waals surface area contributed by atoms with Crippen LogP contribution >= 0.6 is 0 Å². The number of hydrogen-bond acceptors (Lipinski definition) is 3. The summed E-state index contributed by atoms with van der Waals surface area (Å²) in [4.78, 5) is 9.58. The number of nitrogens with zero attached hydrogens (tertiary/aromatic N) is 4. The SMILES string of the molecule is Cc1ccnc(-n2c3[c-]c(C(C)(C)c4[c-]c(N5CN(C(C)C)c6ccccc65)ccc4)ccc3c3ccccc32)c1.[Pt+2]. The van der Waals surface area contributed by atoms with E-state index in [1.165, 1.54) is 27.7 Å². The smallest absolute Gasteiger partial charge is 0.349 e. The molecule has 212 valence electrons. The third kappa shape index (κ3) is 4.53. The molecule has 6 aromatic rings. The fourth-order valence-electron chi connectivity index (χ4n) is 6.15. The van der Waals surface area contributed by atoms with E-state index in [9.17, 15) is 0 Å². The second-order valence-corrected chi connectivity index (χ2v) is 11.9. The molecule has 42 heavy (non-hydrogen) atoms. The van der Waals surface area contributed by atoms with E-state index in [2.05, 4.69) is 146 Å². The number of anilines is 3. The molecule has 0 N–H and O–H groups in total. The van der Waals surface area contributed by atoms with Gasteiger partial charge in [-0.25, -0.2) is 4.98 Å². The summed E-state index contributed by atoms with van der Waals surface area (Å²) in [7, 11) is 0. The third-order valence-corrected chi connectivity index (χ3v) is 8.53. The predicted molar refractivity (Wildman–Crippen MR) is 171 cm³/mol. The number of hydrogen-bond donors (Lipinski definition) is 0. The fraction of sp³-hybridized carbons (Fsp3) is 0.216. The summed E-state index contributed by atoms with van der Waals surface area (Å²) in [5, 5.41) is 2.39. The van der Waals surface area contributed by atoms with E-state index in [0.29, 0.717) is 6.04 Å². The molecule has 0 spiro atoms. The maximum absolute atomic E-state index is 4.75. The summed E-state index contributed by atoms with van der Waals surface area (Å²) in [6, 6.07) is 40.5. The Hall–Kier alpha value is -3.88. The zero-order valence-electron chi connectivity index (χ0n) is 24.6. The van der Waals surface area contributed by atoms with Gasteiger partial charge in [0, 0.05) is 17.8 Å². The first-order chi connectivity index (χ1) is 19.8. The van der Waals surface area contributed by atoms with E-state index >= 15 is 0 Å². The molecular formula is C37H34N4Pt. The first-order valence-corrected chi connectivity index (χ1v) is 14.4. The summed E-state index contributed by atoms with van der Waals surface area (Å²) in [5.74, 6) is 0.915. The standard InChI is InChI=1S/C37H34N4.Pt/c1-25(2)39-24-40(34-16-9-8-15-33(34)39)29-12-10-11-27(22-29)37(4,5)28-17-18-31-30-13-6-7-14-32(30)41(35(31)23-28)36-21-26(3)19-20-38-36;/h6-21,25H,24H2,1-5H3;/q-2;+2. The van der Waals surface area contributed by atoms with Crippen LogP contribution in [0.15, 0.2) is 97.2 Å². The average Bonchev–Trinajstić information content (AvgIpc) is 3.53. The van der Waals surface area contributed by atoms with Gasteiger partial charge in [0.1, 0.15) is 5.82 Å². The number of pyridine rings is 1. The van der Waals surface area contributed by atoms with Crippen molar-refractivity contribution < 1.29 is 21.1 Å². The first-order valence-electron chi connectivity index (χ1n) is 14.4. The van der Waals surface area contributed by atoms with Gasteiger partial charge < -0.3 is 14.4 Å². The maximum Gasteiger partial charge on any atom is 2.00 e. The number of aromatic nitrogens is 2. The summed E-state index contributed by atoms with van der Waals surface area (Å²) < 4.78 is 2.25. The molecule has 5 heteroatoms. The molecule has 0 saturated heterocycles. The van der Waals surface area contributed by atoms with E-state index in [0.717, 1.165) is 40.3 Å². The van der Waals surface area contributed by atoms with Crippen LogP contribution in [0.1, 0.15) is 44.4 Å². The molecule has 1 aliphatic heterocycles. The van der Waals surface area contributed by atoms with Crippen molar-refractivity contribution in [3.8, 4) is 5.82 Å². The molecule has 0 amide bonds. The van der Waals surface area contributed by atoms with Crippen molar-refractivity contribution in [3.05, 3.63) is 126 Å². The summed E-state index contributed by atoms with van der Waals surface area (Å²) >= 11 is 0. The van der Waals surface area contributed by atoms with E-state index in [1.807, 2.05) is 12.3 Å². The summed E-state index contributed by atoms with van der Waals surface area (Å²) in [5.41, 5.74) is 8.92. The maximum atomic E-state index is 4.75. The van der Waals surface area contributed by atoms with E-state index in [1.54, 1.807) is 0 Å². The van der Waals surface area contributed by atoms with Crippen LogP contribution < -0.4 is 9.80 Å². The van der Waals surface area contributed by atoms with Gasteiger partial charge in [0.15, 0.2) is 0 Å². The van der Waals surface area contributed by atoms with Gasteiger partial charge in [0.2, 0.25) is 0 Å². The molecule has 0 bridgehead atoms. The van der Waals surface area contributed by atoms with E-state index < -0.39 is 0 Å². The largest absolute Gasteiger partial charge is 2.00 e. The average molecular weight is 730 g/mol. The number of aryl methyl sites for hydroxylation is 1. The molecule has 0 unspecified atom stereocenters. The van der Waals surface area contributed by atoms with Gasteiger partial charge in [-0.05, 0) is 67.5 Å². The van der Waals surface area contributed by atoms with Crippen molar-refractivity contribution >= 4 is 38.9 Å². The van der Waals surface area contributed by atoms with Gasteiger partial charge in [0.25, 0.3) is 0 Å². The van der Waals surface area contributed by atoms with Crippen LogP contribution in [0.3, 0.4) is 0 Å². The molecular weight excluding hydrogens is 696 g/mol.